The predicted molar refractivity (Wildman–Crippen MR) is 144 cm³/mol. The second kappa shape index (κ2) is 11.7. The molecule has 0 spiro atoms. The molecule has 4 aromatic rings. The first-order chi connectivity index (χ1) is 16.7. The minimum Gasteiger partial charge on any atom is -0.205 e. The summed E-state index contributed by atoms with van der Waals surface area (Å²) in [6, 6.07) is 26.8. The molecule has 0 bridgehead atoms. The van der Waals surface area contributed by atoms with E-state index in [1.807, 2.05) is 30.3 Å². The van der Waals surface area contributed by atoms with Gasteiger partial charge in [-0.05, 0) is 77.6 Å². The largest absolute Gasteiger partial charge is 0.205 e. The summed E-state index contributed by atoms with van der Waals surface area (Å²) in [4.78, 5) is 0. The van der Waals surface area contributed by atoms with Crippen LogP contribution in [0.4, 0.5) is 4.39 Å². The molecule has 0 aromatic heterocycles. The highest BCUT2D eigenvalue weighted by molar-refractivity contribution is 5.89. The Balaban J connectivity index is 1.52. The van der Waals surface area contributed by atoms with Gasteiger partial charge in [0.25, 0.3) is 0 Å². The number of benzene rings is 4. The van der Waals surface area contributed by atoms with Gasteiger partial charge in [0.2, 0.25) is 0 Å². The van der Waals surface area contributed by atoms with Crippen LogP contribution in [0.3, 0.4) is 0 Å². The molecule has 1 heteroatoms. The minimum atomic E-state index is -0.248. The third kappa shape index (κ3) is 5.95. The van der Waals surface area contributed by atoms with E-state index < -0.39 is 0 Å². The van der Waals surface area contributed by atoms with Gasteiger partial charge in [-0.25, -0.2) is 4.39 Å². The van der Waals surface area contributed by atoms with Gasteiger partial charge < -0.3 is 0 Å². The van der Waals surface area contributed by atoms with Crippen molar-refractivity contribution in [3.05, 3.63) is 107 Å². The van der Waals surface area contributed by atoms with E-state index in [0.717, 1.165) is 34.9 Å². The Bertz CT molecular complexity index is 1280. The van der Waals surface area contributed by atoms with Gasteiger partial charge in [0.15, 0.2) is 0 Å². The van der Waals surface area contributed by atoms with Crippen LogP contribution >= 0.6 is 0 Å². The van der Waals surface area contributed by atoms with Gasteiger partial charge in [0.05, 0.1) is 5.56 Å². The molecule has 0 aliphatic heterocycles. The van der Waals surface area contributed by atoms with Gasteiger partial charge in [0, 0.05) is 10.9 Å². The predicted octanol–water partition coefficient (Wildman–Crippen LogP) is 9.12. The molecule has 4 rings (SSSR count). The van der Waals surface area contributed by atoms with Crippen LogP contribution in [0, 0.1) is 17.7 Å². The van der Waals surface area contributed by atoms with Crippen LogP contribution in [0.15, 0.2) is 78.9 Å². The van der Waals surface area contributed by atoms with Gasteiger partial charge in [-0.15, -0.1) is 0 Å². The van der Waals surface area contributed by atoms with Crippen molar-refractivity contribution < 1.29 is 4.39 Å². The average molecular weight is 449 g/mol. The third-order valence-corrected chi connectivity index (χ3v) is 6.42. The van der Waals surface area contributed by atoms with Crippen molar-refractivity contribution in [3.63, 3.8) is 0 Å². The monoisotopic (exact) mass is 448 g/mol. The molecule has 4 aromatic carbocycles. The molecule has 0 N–H and O–H groups in total. The van der Waals surface area contributed by atoms with Crippen LogP contribution in [0.25, 0.3) is 21.9 Å². The van der Waals surface area contributed by atoms with Gasteiger partial charge in [-0.2, -0.15) is 0 Å². The summed E-state index contributed by atoms with van der Waals surface area (Å²) in [6.45, 7) is 4.43. The van der Waals surface area contributed by atoms with E-state index in [2.05, 4.69) is 68.2 Å². The van der Waals surface area contributed by atoms with Gasteiger partial charge in [-0.1, -0.05) is 99.5 Å². The van der Waals surface area contributed by atoms with Crippen LogP contribution in [0.2, 0.25) is 0 Å². The first-order valence-electron chi connectivity index (χ1n) is 12.6. The minimum absolute atomic E-state index is 0.248. The zero-order valence-electron chi connectivity index (χ0n) is 20.3. The molecule has 0 unspecified atom stereocenters. The second-order valence-electron chi connectivity index (χ2n) is 9.07. The summed E-state index contributed by atoms with van der Waals surface area (Å²) in [5.74, 6) is 5.91. The van der Waals surface area contributed by atoms with Crippen molar-refractivity contribution in [3.8, 4) is 23.0 Å². The van der Waals surface area contributed by atoms with Gasteiger partial charge >= 0.3 is 0 Å². The molecule has 0 amide bonds. The quantitative estimate of drug-likeness (QED) is 0.186. The highest BCUT2D eigenvalue weighted by Gasteiger charge is 2.08. The number of hydrogen-bond donors (Lipinski definition) is 0. The lowest BCUT2D eigenvalue weighted by Gasteiger charge is -2.08. The zero-order chi connectivity index (χ0) is 23.8. The molecule has 0 nitrogen and oxygen atoms in total. The first kappa shape index (κ1) is 23.8. The molecule has 0 saturated heterocycles. The molecular weight excluding hydrogens is 415 g/mol. The number of unbranched alkanes of at least 4 members (excludes halogenated alkanes) is 3. The Morgan fingerprint density at radius 2 is 1.26 bits per heavy atom. The van der Waals surface area contributed by atoms with Crippen LogP contribution in [0.1, 0.15) is 68.2 Å². The summed E-state index contributed by atoms with van der Waals surface area (Å²) in [6.07, 6.45) is 8.36. The SMILES string of the molecule is CCCCCc1ccc(-c2ccc3c(F)c(C#Cc4ccc(CCCC)cc4)ccc3c2)cc1. The van der Waals surface area contributed by atoms with E-state index in [-0.39, 0.29) is 5.82 Å². The van der Waals surface area contributed by atoms with Crippen LogP contribution in [-0.2, 0) is 12.8 Å². The topological polar surface area (TPSA) is 0 Å². The van der Waals surface area contributed by atoms with Crippen molar-refractivity contribution in [2.24, 2.45) is 0 Å². The van der Waals surface area contributed by atoms with E-state index >= 15 is 4.39 Å². The smallest absolute Gasteiger partial charge is 0.146 e. The fourth-order valence-electron chi connectivity index (χ4n) is 4.29. The van der Waals surface area contributed by atoms with E-state index in [0.29, 0.717) is 10.9 Å². The fraction of sp³-hybridized carbons (Fsp3) is 0.273. The molecule has 0 atom stereocenters. The summed E-state index contributed by atoms with van der Waals surface area (Å²) in [5.41, 5.74) is 6.32. The van der Waals surface area contributed by atoms with Gasteiger partial charge in [-0.3, -0.25) is 0 Å². The highest BCUT2D eigenvalue weighted by Crippen LogP contribution is 2.28. The van der Waals surface area contributed by atoms with Crippen molar-refractivity contribution in [2.75, 3.05) is 0 Å². The number of halogens is 1. The molecular formula is C33H33F. The lowest BCUT2D eigenvalue weighted by Crippen LogP contribution is -1.89. The number of fused-ring (bicyclic) bond motifs is 1. The normalized spacial score (nSPS) is 10.8. The summed E-state index contributed by atoms with van der Waals surface area (Å²) in [7, 11) is 0. The second-order valence-corrected chi connectivity index (χ2v) is 9.07. The standard InChI is InChI=1S/C33H33F/c1-3-5-7-9-26-14-17-28(18-15-26)30-22-23-32-31(24-30)21-20-29(33(32)34)19-16-27-12-10-25(11-13-27)8-6-4-2/h10-15,17-18,20-24H,3-9H2,1-2H3. The maximum Gasteiger partial charge on any atom is 0.146 e. The van der Waals surface area contributed by atoms with E-state index in [4.69, 9.17) is 0 Å². The van der Waals surface area contributed by atoms with Crippen molar-refractivity contribution in [1.29, 1.82) is 0 Å². The van der Waals surface area contributed by atoms with E-state index in [1.54, 1.807) is 6.07 Å². The highest BCUT2D eigenvalue weighted by atomic mass is 19.1. The Morgan fingerprint density at radius 1 is 0.618 bits per heavy atom. The molecule has 0 radical (unpaired) electrons. The maximum atomic E-state index is 15.2. The van der Waals surface area contributed by atoms with Crippen LogP contribution in [-0.4, -0.2) is 0 Å². The molecule has 0 fully saturated rings. The number of rotatable bonds is 8. The molecule has 0 saturated carbocycles. The Kier molecular flexibility index (Phi) is 8.16. The van der Waals surface area contributed by atoms with Gasteiger partial charge in [0.1, 0.15) is 5.82 Å². The zero-order valence-corrected chi connectivity index (χ0v) is 20.3. The average Bonchev–Trinajstić information content (AvgIpc) is 2.88. The molecule has 0 heterocycles. The number of hydrogen-bond acceptors (Lipinski definition) is 0. The Hall–Kier alpha value is -3.37. The summed E-state index contributed by atoms with van der Waals surface area (Å²) in [5, 5.41) is 1.51. The molecule has 172 valence electrons. The van der Waals surface area contributed by atoms with E-state index in [9.17, 15) is 0 Å². The molecule has 34 heavy (non-hydrogen) atoms. The van der Waals surface area contributed by atoms with Crippen LogP contribution < -0.4 is 0 Å². The lowest BCUT2D eigenvalue weighted by atomic mass is 9.98. The Labute approximate surface area is 203 Å². The fourth-order valence-corrected chi connectivity index (χ4v) is 4.29. The maximum absolute atomic E-state index is 15.2. The molecule has 0 aliphatic carbocycles. The first-order valence-corrected chi connectivity index (χ1v) is 12.6. The number of aryl methyl sites for hydroxylation is 2. The van der Waals surface area contributed by atoms with Crippen molar-refractivity contribution in [2.45, 2.75) is 58.8 Å². The van der Waals surface area contributed by atoms with Crippen molar-refractivity contribution >= 4 is 10.8 Å². The van der Waals surface area contributed by atoms with Crippen molar-refractivity contribution in [1.82, 2.24) is 0 Å². The lowest BCUT2D eigenvalue weighted by molar-refractivity contribution is 0.636. The third-order valence-electron chi connectivity index (χ3n) is 6.42. The summed E-state index contributed by atoms with van der Waals surface area (Å²) < 4.78 is 15.2. The summed E-state index contributed by atoms with van der Waals surface area (Å²) >= 11 is 0. The van der Waals surface area contributed by atoms with Crippen LogP contribution in [0.5, 0.6) is 0 Å². The van der Waals surface area contributed by atoms with E-state index in [1.165, 1.54) is 43.2 Å². The molecule has 0 aliphatic rings. The Morgan fingerprint density at radius 3 is 1.97 bits per heavy atom.